The lowest BCUT2D eigenvalue weighted by atomic mass is 10.2. The zero-order chi connectivity index (χ0) is 12.5. The third kappa shape index (κ3) is 2.51. The molecule has 0 bridgehead atoms. The average Bonchev–Trinajstić information content (AvgIpc) is 2.30. The molecule has 17 heavy (non-hydrogen) atoms. The lowest BCUT2D eigenvalue weighted by molar-refractivity contribution is 0.596. The zero-order valence-electron chi connectivity index (χ0n) is 8.93. The van der Waals surface area contributed by atoms with Gasteiger partial charge in [0, 0.05) is 5.02 Å². The van der Waals surface area contributed by atoms with Gasteiger partial charge in [0.15, 0.2) is 0 Å². The van der Waals surface area contributed by atoms with E-state index in [1.807, 2.05) is 0 Å². The summed E-state index contributed by atoms with van der Waals surface area (Å²) in [5.41, 5.74) is 0.778. The molecule has 0 aromatic heterocycles. The molecule has 0 aliphatic rings. The normalized spacial score (nSPS) is 11.4. The second kappa shape index (κ2) is 4.51. The van der Waals surface area contributed by atoms with Crippen molar-refractivity contribution in [1.82, 2.24) is 0 Å². The van der Waals surface area contributed by atoms with Crippen LogP contribution in [0.4, 0.5) is 0 Å². The van der Waals surface area contributed by atoms with E-state index < -0.39 is 9.84 Å². The van der Waals surface area contributed by atoms with Gasteiger partial charge in [0.05, 0.1) is 9.79 Å². The minimum Gasteiger partial charge on any atom is -0.219 e. The molecule has 0 unspecified atom stereocenters. The molecule has 0 fully saturated rings. The summed E-state index contributed by atoms with van der Waals surface area (Å²) in [5.74, 6) is 0. The van der Waals surface area contributed by atoms with Crippen molar-refractivity contribution in [1.29, 1.82) is 0 Å². The van der Waals surface area contributed by atoms with Gasteiger partial charge >= 0.3 is 0 Å². The molecule has 0 amide bonds. The molecule has 2 rings (SSSR count). The maximum Gasteiger partial charge on any atom is 0.206 e. The first-order valence-electron chi connectivity index (χ1n) is 4.93. The van der Waals surface area contributed by atoms with Gasteiger partial charge in [-0.1, -0.05) is 23.7 Å². The summed E-state index contributed by atoms with van der Waals surface area (Å²) < 4.78 is 24.4. The van der Waals surface area contributed by atoms with Crippen LogP contribution < -0.4 is 0 Å². The van der Waals surface area contributed by atoms with Gasteiger partial charge in [-0.05, 0) is 48.9 Å². The smallest absolute Gasteiger partial charge is 0.206 e. The highest BCUT2D eigenvalue weighted by molar-refractivity contribution is 7.91. The lowest BCUT2D eigenvalue weighted by Crippen LogP contribution is -2.01. The fraction of sp³-hybridized carbons (Fsp3) is 0. The second-order valence-corrected chi connectivity index (χ2v) is 5.99. The monoisotopic (exact) mass is 265 g/mol. The highest BCUT2D eigenvalue weighted by atomic mass is 35.5. The van der Waals surface area contributed by atoms with Gasteiger partial charge in [0.1, 0.15) is 0 Å². The van der Waals surface area contributed by atoms with Crippen molar-refractivity contribution in [2.45, 2.75) is 9.79 Å². The largest absolute Gasteiger partial charge is 0.219 e. The van der Waals surface area contributed by atoms with E-state index in [1.165, 1.54) is 12.1 Å². The summed E-state index contributed by atoms with van der Waals surface area (Å²) in [5, 5.41) is 0.511. The molecule has 1 radical (unpaired) electrons. The highest BCUT2D eigenvalue weighted by Gasteiger charge is 2.16. The predicted octanol–water partition coefficient (Wildman–Crippen LogP) is 3.35. The van der Waals surface area contributed by atoms with Crippen LogP contribution in [0.3, 0.4) is 0 Å². The number of hydrogen-bond acceptors (Lipinski definition) is 2. The Labute approximate surface area is 106 Å². The summed E-state index contributed by atoms with van der Waals surface area (Å²) >= 11 is 5.73. The fourth-order valence-electron chi connectivity index (χ4n) is 1.42. The van der Waals surface area contributed by atoms with Crippen LogP contribution in [-0.2, 0) is 9.84 Å². The van der Waals surface area contributed by atoms with Crippen molar-refractivity contribution in [2.24, 2.45) is 0 Å². The fourth-order valence-corrected chi connectivity index (χ4v) is 2.81. The van der Waals surface area contributed by atoms with Gasteiger partial charge in [-0.2, -0.15) is 0 Å². The van der Waals surface area contributed by atoms with Crippen LogP contribution in [0.2, 0.25) is 5.02 Å². The Morgan fingerprint density at radius 3 is 1.71 bits per heavy atom. The van der Waals surface area contributed by atoms with Crippen LogP contribution in [0.15, 0.2) is 58.3 Å². The second-order valence-electron chi connectivity index (χ2n) is 3.60. The molecule has 2 nitrogen and oxygen atoms in total. The Bertz CT molecular complexity index is 562. The van der Waals surface area contributed by atoms with Crippen molar-refractivity contribution >= 4 is 21.4 Å². The molecular formula is C13H10ClO2S. The van der Waals surface area contributed by atoms with Gasteiger partial charge in [-0.25, -0.2) is 8.42 Å². The van der Waals surface area contributed by atoms with Gasteiger partial charge < -0.3 is 0 Å². The third-order valence-electron chi connectivity index (χ3n) is 2.36. The molecule has 87 valence electrons. The van der Waals surface area contributed by atoms with E-state index >= 15 is 0 Å². The van der Waals surface area contributed by atoms with Crippen LogP contribution in [0, 0.1) is 6.92 Å². The molecule has 0 atom stereocenters. The van der Waals surface area contributed by atoms with E-state index in [0.29, 0.717) is 5.02 Å². The number of benzene rings is 2. The van der Waals surface area contributed by atoms with E-state index in [2.05, 4.69) is 6.92 Å². The van der Waals surface area contributed by atoms with Crippen molar-refractivity contribution in [3.63, 3.8) is 0 Å². The summed E-state index contributed by atoms with van der Waals surface area (Å²) in [7, 11) is -3.46. The Morgan fingerprint density at radius 1 is 0.824 bits per heavy atom. The quantitative estimate of drug-likeness (QED) is 0.834. The minimum absolute atomic E-state index is 0.235. The maximum absolute atomic E-state index is 12.2. The molecular weight excluding hydrogens is 256 g/mol. The van der Waals surface area contributed by atoms with Gasteiger partial charge in [-0.15, -0.1) is 0 Å². The number of hydrogen-bond donors (Lipinski definition) is 0. The van der Waals surface area contributed by atoms with Crippen LogP contribution in [0.5, 0.6) is 0 Å². The zero-order valence-corrected chi connectivity index (χ0v) is 10.5. The van der Waals surface area contributed by atoms with Crippen LogP contribution in [0.25, 0.3) is 0 Å². The van der Waals surface area contributed by atoms with E-state index in [1.54, 1.807) is 36.4 Å². The van der Waals surface area contributed by atoms with E-state index in [0.717, 1.165) is 5.56 Å². The van der Waals surface area contributed by atoms with Gasteiger partial charge in [0.2, 0.25) is 9.84 Å². The minimum atomic E-state index is -3.46. The molecule has 2 aromatic rings. The lowest BCUT2D eigenvalue weighted by Gasteiger charge is -2.04. The number of sulfone groups is 1. The molecule has 4 heteroatoms. The summed E-state index contributed by atoms with van der Waals surface area (Å²) in [6.07, 6.45) is 0. The van der Waals surface area contributed by atoms with Gasteiger partial charge in [0.25, 0.3) is 0 Å². The topological polar surface area (TPSA) is 34.1 Å². The van der Waals surface area contributed by atoms with Crippen LogP contribution >= 0.6 is 11.6 Å². The average molecular weight is 266 g/mol. The summed E-state index contributed by atoms with van der Waals surface area (Å²) in [6, 6.07) is 12.5. The standard InChI is InChI=1S/C13H10ClO2S/c1-10-2-6-12(7-3-10)17(15,16)13-8-4-11(14)5-9-13/h2-9H,1H2. The number of rotatable bonds is 2. The maximum atomic E-state index is 12.2. The van der Waals surface area contributed by atoms with E-state index in [-0.39, 0.29) is 9.79 Å². The van der Waals surface area contributed by atoms with Crippen molar-refractivity contribution in [3.8, 4) is 0 Å². The first-order chi connectivity index (χ1) is 8.00. The molecule has 0 spiro atoms. The number of halogens is 1. The molecule has 0 N–H and O–H groups in total. The Morgan fingerprint density at radius 2 is 1.24 bits per heavy atom. The molecule has 0 saturated carbocycles. The Balaban J connectivity index is 2.50. The SMILES string of the molecule is [CH2]c1ccc(S(=O)(=O)c2ccc(Cl)cc2)cc1. The summed E-state index contributed by atoms with van der Waals surface area (Å²) in [4.78, 5) is 0.492. The first-order valence-corrected chi connectivity index (χ1v) is 6.79. The van der Waals surface area contributed by atoms with Crippen LogP contribution in [-0.4, -0.2) is 8.42 Å². The van der Waals surface area contributed by atoms with Crippen molar-refractivity contribution in [3.05, 3.63) is 66.0 Å². The molecule has 0 aliphatic heterocycles. The highest BCUT2D eigenvalue weighted by Crippen LogP contribution is 2.22. The van der Waals surface area contributed by atoms with E-state index in [9.17, 15) is 8.42 Å². The Hall–Kier alpha value is -1.32. The molecule has 0 heterocycles. The molecule has 0 saturated heterocycles. The molecule has 0 aliphatic carbocycles. The summed E-state index contributed by atoms with van der Waals surface area (Å²) in [6.45, 7) is 3.72. The van der Waals surface area contributed by atoms with Crippen LogP contribution in [0.1, 0.15) is 5.56 Å². The van der Waals surface area contributed by atoms with Gasteiger partial charge in [-0.3, -0.25) is 0 Å². The third-order valence-corrected chi connectivity index (χ3v) is 4.40. The Kier molecular flexibility index (Phi) is 3.22. The van der Waals surface area contributed by atoms with Crippen molar-refractivity contribution < 1.29 is 8.42 Å². The predicted molar refractivity (Wildman–Crippen MR) is 67.8 cm³/mol. The first kappa shape index (κ1) is 12.1. The van der Waals surface area contributed by atoms with Crippen molar-refractivity contribution in [2.75, 3.05) is 0 Å². The van der Waals surface area contributed by atoms with E-state index in [4.69, 9.17) is 11.6 Å². The molecule has 2 aromatic carbocycles.